The second kappa shape index (κ2) is 7.04. The third-order valence-electron chi connectivity index (χ3n) is 4.05. The van der Waals surface area contributed by atoms with Gasteiger partial charge in [0.05, 0.1) is 12.6 Å². The maximum absolute atomic E-state index is 12.4. The minimum absolute atomic E-state index is 0.0201. The first-order chi connectivity index (χ1) is 9.56. The van der Waals surface area contributed by atoms with Crippen molar-refractivity contribution in [2.75, 3.05) is 26.2 Å². The van der Waals surface area contributed by atoms with Gasteiger partial charge in [0.15, 0.2) is 0 Å². The first-order valence-electron chi connectivity index (χ1n) is 7.43. The molecule has 3 atom stereocenters. The van der Waals surface area contributed by atoms with E-state index in [0.29, 0.717) is 19.0 Å². The van der Waals surface area contributed by atoms with Crippen LogP contribution in [0, 0.1) is 5.92 Å². The molecule has 3 unspecified atom stereocenters. The minimum Gasteiger partial charge on any atom is -0.480 e. The highest BCUT2D eigenvalue weighted by Crippen LogP contribution is 2.23. The van der Waals surface area contributed by atoms with Gasteiger partial charge in [-0.15, -0.1) is 0 Å². The van der Waals surface area contributed by atoms with Gasteiger partial charge in [0.1, 0.15) is 6.10 Å². The predicted octanol–water partition coefficient (Wildman–Crippen LogP) is 0.467. The summed E-state index contributed by atoms with van der Waals surface area (Å²) >= 11 is 0. The lowest BCUT2D eigenvalue weighted by molar-refractivity contribution is -0.144. The first kappa shape index (κ1) is 15.3. The number of nitrogens with one attached hydrogen (secondary N) is 1. The van der Waals surface area contributed by atoms with Crippen molar-refractivity contribution in [2.24, 2.45) is 5.92 Å². The molecule has 2 N–H and O–H groups in total. The van der Waals surface area contributed by atoms with Gasteiger partial charge in [-0.05, 0) is 38.5 Å². The average Bonchev–Trinajstić information content (AvgIpc) is 2.84. The molecule has 0 radical (unpaired) electrons. The van der Waals surface area contributed by atoms with Crippen LogP contribution in [-0.4, -0.2) is 60.3 Å². The summed E-state index contributed by atoms with van der Waals surface area (Å²) in [5.74, 6) is -0.398. The second-order valence-corrected chi connectivity index (χ2v) is 5.83. The van der Waals surface area contributed by atoms with Gasteiger partial charge in [-0.1, -0.05) is 0 Å². The van der Waals surface area contributed by atoms with Gasteiger partial charge in [-0.3, -0.25) is 9.59 Å². The van der Waals surface area contributed by atoms with Gasteiger partial charge in [0.2, 0.25) is 0 Å². The Morgan fingerprint density at radius 2 is 2.15 bits per heavy atom. The Morgan fingerprint density at radius 1 is 1.35 bits per heavy atom. The molecule has 1 amide bonds. The number of ether oxygens (including phenoxy) is 1. The smallest absolute Gasteiger partial charge is 0.317 e. The molecule has 2 rings (SSSR count). The number of likely N-dealkylation sites (tertiary alicyclic amines) is 1. The van der Waals surface area contributed by atoms with Crippen LogP contribution < -0.4 is 5.32 Å². The zero-order valence-corrected chi connectivity index (χ0v) is 12.0. The molecule has 2 saturated heterocycles. The molecular weight excluding hydrogens is 260 g/mol. The summed E-state index contributed by atoms with van der Waals surface area (Å²) in [5.41, 5.74) is 0. The van der Waals surface area contributed by atoms with Crippen LogP contribution in [0.25, 0.3) is 0 Å². The SMILES string of the molecule is CC1CCC(C(=O)N2CCCC(CNCC(=O)O)C2)O1. The van der Waals surface area contributed by atoms with Gasteiger partial charge >= 0.3 is 5.97 Å². The van der Waals surface area contributed by atoms with Crippen LogP contribution in [0.5, 0.6) is 0 Å². The maximum atomic E-state index is 12.4. The summed E-state index contributed by atoms with van der Waals surface area (Å²) in [6.45, 7) is 4.13. The fourth-order valence-corrected chi connectivity index (χ4v) is 3.00. The third kappa shape index (κ3) is 4.18. The number of carboxylic acids is 1. The number of amides is 1. The molecule has 2 heterocycles. The highest BCUT2D eigenvalue weighted by Gasteiger charge is 2.33. The van der Waals surface area contributed by atoms with E-state index in [9.17, 15) is 9.59 Å². The molecule has 0 aromatic heterocycles. The summed E-state index contributed by atoms with van der Waals surface area (Å²) in [6.07, 6.45) is 3.70. The van der Waals surface area contributed by atoms with E-state index < -0.39 is 5.97 Å². The molecule has 2 aliphatic heterocycles. The van der Waals surface area contributed by atoms with Gasteiger partial charge in [-0.25, -0.2) is 0 Å². The molecule has 20 heavy (non-hydrogen) atoms. The number of hydrogen-bond acceptors (Lipinski definition) is 4. The van der Waals surface area contributed by atoms with Gasteiger partial charge in [-0.2, -0.15) is 0 Å². The number of carbonyl (C=O) groups is 2. The number of piperidine rings is 1. The van der Waals surface area contributed by atoms with Gasteiger partial charge < -0.3 is 20.1 Å². The molecule has 0 spiro atoms. The lowest BCUT2D eigenvalue weighted by Gasteiger charge is -2.34. The van der Waals surface area contributed by atoms with E-state index in [1.165, 1.54) is 0 Å². The molecule has 2 fully saturated rings. The normalized spacial score (nSPS) is 30.4. The fourth-order valence-electron chi connectivity index (χ4n) is 3.00. The lowest BCUT2D eigenvalue weighted by atomic mass is 9.97. The minimum atomic E-state index is -0.845. The Bertz CT molecular complexity index is 361. The van der Waals surface area contributed by atoms with Crippen molar-refractivity contribution in [1.29, 1.82) is 0 Å². The molecular formula is C14H24N2O4. The van der Waals surface area contributed by atoms with Crippen molar-refractivity contribution in [2.45, 2.75) is 44.8 Å². The summed E-state index contributed by atoms with van der Waals surface area (Å²) in [7, 11) is 0. The van der Waals surface area contributed by atoms with Crippen molar-refractivity contribution >= 4 is 11.9 Å². The Balaban J connectivity index is 1.77. The van der Waals surface area contributed by atoms with E-state index in [4.69, 9.17) is 9.84 Å². The predicted molar refractivity (Wildman–Crippen MR) is 73.4 cm³/mol. The number of carbonyl (C=O) groups excluding carboxylic acids is 1. The van der Waals surface area contributed by atoms with Crippen molar-refractivity contribution in [3.63, 3.8) is 0 Å². The van der Waals surface area contributed by atoms with Crippen molar-refractivity contribution in [3.05, 3.63) is 0 Å². The zero-order chi connectivity index (χ0) is 14.5. The molecule has 0 bridgehead atoms. The van der Waals surface area contributed by atoms with E-state index >= 15 is 0 Å². The van der Waals surface area contributed by atoms with Crippen molar-refractivity contribution in [3.8, 4) is 0 Å². The number of hydrogen-bond donors (Lipinski definition) is 2. The van der Waals surface area contributed by atoms with E-state index in [2.05, 4.69) is 5.32 Å². The van der Waals surface area contributed by atoms with Crippen LogP contribution in [0.1, 0.15) is 32.6 Å². The lowest BCUT2D eigenvalue weighted by Crippen LogP contribution is -2.47. The third-order valence-corrected chi connectivity index (χ3v) is 4.05. The van der Waals surface area contributed by atoms with E-state index in [-0.39, 0.29) is 24.7 Å². The zero-order valence-electron chi connectivity index (χ0n) is 12.0. The molecule has 0 aliphatic carbocycles. The summed E-state index contributed by atoms with van der Waals surface area (Å²) < 4.78 is 5.64. The first-order valence-corrected chi connectivity index (χ1v) is 7.43. The number of aliphatic carboxylic acids is 1. The van der Waals surface area contributed by atoms with E-state index in [1.807, 2.05) is 11.8 Å². The Kier molecular flexibility index (Phi) is 5.37. The topological polar surface area (TPSA) is 78.9 Å². The Labute approximate surface area is 119 Å². The van der Waals surface area contributed by atoms with Gasteiger partial charge in [0, 0.05) is 19.6 Å². The standard InChI is InChI=1S/C14H24N2O4/c1-10-4-5-12(20-10)14(19)16-6-2-3-11(9-16)7-15-8-13(17)18/h10-12,15H,2-9H2,1H3,(H,17,18). The van der Waals surface area contributed by atoms with Crippen molar-refractivity contribution < 1.29 is 19.4 Å². The molecule has 6 nitrogen and oxygen atoms in total. The van der Waals surface area contributed by atoms with Crippen LogP contribution in [0.4, 0.5) is 0 Å². The van der Waals surface area contributed by atoms with E-state index in [0.717, 1.165) is 32.2 Å². The fraction of sp³-hybridized carbons (Fsp3) is 0.857. The molecule has 114 valence electrons. The number of nitrogens with zero attached hydrogens (tertiary/aromatic N) is 1. The summed E-state index contributed by atoms with van der Waals surface area (Å²) in [6, 6.07) is 0. The summed E-state index contributed by atoms with van der Waals surface area (Å²) in [5, 5.41) is 11.5. The average molecular weight is 284 g/mol. The maximum Gasteiger partial charge on any atom is 0.317 e. The van der Waals surface area contributed by atoms with Gasteiger partial charge in [0.25, 0.3) is 5.91 Å². The van der Waals surface area contributed by atoms with Crippen LogP contribution in [0.2, 0.25) is 0 Å². The monoisotopic (exact) mass is 284 g/mol. The highest BCUT2D eigenvalue weighted by molar-refractivity contribution is 5.81. The number of rotatable bonds is 5. The summed E-state index contributed by atoms with van der Waals surface area (Å²) in [4.78, 5) is 24.7. The molecule has 0 aromatic rings. The molecule has 2 aliphatic rings. The van der Waals surface area contributed by atoms with Crippen LogP contribution in [0.15, 0.2) is 0 Å². The second-order valence-electron chi connectivity index (χ2n) is 5.83. The van der Waals surface area contributed by atoms with Crippen LogP contribution in [-0.2, 0) is 14.3 Å². The largest absolute Gasteiger partial charge is 0.480 e. The van der Waals surface area contributed by atoms with E-state index in [1.54, 1.807) is 0 Å². The van der Waals surface area contributed by atoms with Crippen LogP contribution >= 0.6 is 0 Å². The highest BCUT2D eigenvalue weighted by atomic mass is 16.5. The molecule has 0 aromatic carbocycles. The Morgan fingerprint density at radius 3 is 2.80 bits per heavy atom. The molecule has 6 heteroatoms. The number of carboxylic acid groups (broad SMARTS) is 1. The van der Waals surface area contributed by atoms with Crippen LogP contribution in [0.3, 0.4) is 0 Å². The van der Waals surface area contributed by atoms with Crippen molar-refractivity contribution in [1.82, 2.24) is 10.2 Å². The quantitative estimate of drug-likeness (QED) is 0.767. The molecule has 0 saturated carbocycles. The Hall–Kier alpha value is -1.14.